The van der Waals surface area contributed by atoms with Gasteiger partial charge in [0.15, 0.2) is 5.96 Å². The maximum Gasteiger partial charge on any atom is 0.243 e. The normalized spacial score (nSPS) is 16.5. The largest absolute Gasteiger partial charge is 0.370 e. The first-order valence-corrected chi connectivity index (χ1v) is 17.8. The van der Waals surface area contributed by atoms with Crippen molar-refractivity contribution in [2.45, 2.75) is 81.7 Å². The number of hydrogen-bond acceptors (Lipinski definition) is 8. The van der Waals surface area contributed by atoms with Gasteiger partial charge >= 0.3 is 0 Å². The quantitative estimate of drug-likeness (QED) is 0.0643. The predicted molar refractivity (Wildman–Crippen MR) is 161 cm³/mol. The Bertz CT molecular complexity index is 1260. The maximum absolute atomic E-state index is 13.5. The predicted octanol–water partition coefficient (Wildman–Crippen LogP) is 0.102. The summed E-state index contributed by atoms with van der Waals surface area (Å²) in [4.78, 5) is 42.3. The van der Waals surface area contributed by atoms with Crippen molar-refractivity contribution in [1.29, 1.82) is 0 Å². The van der Waals surface area contributed by atoms with Crippen LogP contribution >= 0.6 is 0 Å². The molecule has 1 aliphatic carbocycles. The number of carbonyl (C=O) groups is 3. The Hall–Kier alpha value is -3.04. The SMILES string of the molecule is CS(=O)(=O)CCC(NS(=O)(=O)Cc1ccccc1)C(=O)N[C@@H](CC1CCCCC1)C(=O)NC(C=O)CCCN=C(N)N. The number of rotatable bonds is 18. The highest BCUT2D eigenvalue weighted by Gasteiger charge is 2.32. The molecule has 2 rings (SSSR count). The third-order valence-electron chi connectivity index (χ3n) is 7.00. The van der Waals surface area contributed by atoms with E-state index in [-0.39, 0.29) is 31.3 Å². The first-order chi connectivity index (χ1) is 19.8. The van der Waals surface area contributed by atoms with Crippen molar-refractivity contribution in [2.24, 2.45) is 22.4 Å². The molecule has 0 bridgehead atoms. The minimum atomic E-state index is -4.05. The zero-order valence-corrected chi connectivity index (χ0v) is 25.7. The summed E-state index contributed by atoms with van der Waals surface area (Å²) in [7, 11) is -7.58. The van der Waals surface area contributed by atoms with Crippen molar-refractivity contribution in [2.75, 3.05) is 18.6 Å². The Morgan fingerprint density at radius 1 is 0.976 bits per heavy atom. The molecule has 1 fully saturated rings. The van der Waals surface area contributed by atoms with Crippen LogP contribution in [0, 0.1) is 5.92 Å². The monoisotopic (exact) mass is 628 g/mol. The van der Waals surface area contributed by atoms with Gasteiger partial charge in [-0.2, -0.15) is 0 Å². The molecule has 1 aliphatic rings. The molecular weight excluding hydrogens is 584 g/mol. The highest BCUT2D eigenvalue weighted by atomic mass is 32.2. The number of guanidine groups is 1. The number of nitrogens with one attached hydrogen (secondary N) is 3. The highest BCUT2D eigenvalue weighted by molar-refractivity contribution is 7.90. The van der Waals surface area contributed by atoms with E-state index in [4.69, 9.17) is 11.5 Å². The van der Waals surface area contributed by atoms with Crippen LogP contribution in [-0.2, 0) is 40.0 Å². The van der Waals surface area contributed by atoms with Gasteiger partial charge in [0.05, 0.1) is 17.5 Å². The zero-order chi connectivity index (χ0) is 31.2. The van der Waals surface area contributed by atoms with Gasteiger partial charge in [0.25, 0.3) is 0 Å². The second kappa shape index (κ2) is 17.2. The van der Waals surface area contributed by atoms with Gasteiger partial charge in [-0.1, -0.05) is 62.4 Å². The van der Waals surface area contributed by atoms with E-state index in [2.05, 4.69) is 20.3 Å². The molecule has 42 heavy (non-hydrogen) atoms. The van der Waals surface area contributed by atoms with Crippen molar-refractivity contribution in [3.8, 4) is 0 Å². The molecule has 2 unspecified atom stereocenters. The number of sulfonamides is 1. The molecule has 3 atom stereocenters. The number of carbonyl (C=O) groups excluding carboxylic acids is 3. The molecule has 236 valence electrons. The van der Waals surface area contributed by atoms with E-state index in [0.717, 1.165) is 38.4 Å². The summed E-state index contributed by atoms with van der Waals surface area (Å²) in [6.45, 7) is 0.274. The number of nitrogens with two attached hydrogens (primary N) is 2. The molecule has 0 spiro atoms. The van der Waals surface area contributed by atoms with Gasteiger partial charge in [0, 0.05) is 12.8 Å². The van der Waals surface area contributed by atoms with Crippen molar-refractivity contribution in [3.05, 3.63) is 35.9 Å². The Morgan fingerprint density at radius 2 is 1.62 bits per heavy atom. The van der Waals surface area contributed by atoms with E-state index >= 15 is 0 Å². The Balaban J connectivity index is 2.21. The standard InChI is InChI=1S/C27H44N6O7S2/c1-41(37,38)16-14-23(33-42(39,40)19-21-11-6-3-7-12-21)25(35)32-24(17-20-9-4-2-5-10-20)26(36)31-22(18-34)13-8-15-30-27(28)29/h3,6-7,11-12,18,20,22-24,33H,2,4-5,8-10,13-17,19H2,1H3,(H,31,36)(H,32,35)(H4,28,29,30)/t22?,23?,24-/m0/s1. The van der Waals surface area contributed by atoms with Gasteiger partial charge < -0.3 is 26.9 Å². The van der Waals surface area contributed by atoms with E-state index in [0.29, 0.717) is 24.7 Å². The second-order valence-corrected chi connectivity index (χ2v) is 14.8. The van der Waals surface area contributed by atoms with Crippen LogP contribution in [0.5, 0.6) is 0 Å². The summed E-state index contributed by atoms with van der Waals surface area (Å²) in [6.07, 6.45) is 7.07. The van der Waals surface area contributed by atoms with Crippen LogP contribution in [0.15, 0.2) is 35.3 Å². The summed E-state index contributed by atoms with van der Waals surface area (Å²) < 4.78 is 52.0. The Labute approximate surface area is 248 Å². The van der Waals surface area contributed by atoms with Gasteiger partial charge in [-0.3, -0.25) is 14.6 Å². The number of sulfone groups is 1. The lowest BCUT2D eigenvalue weighted by atomic mass is 9.84. The molecule has 13 nitrogen and oxygen atoms in total. The van der Waals surface area contributed by atoms with Gasteiger partial charge in [-0.25, -0.2) is 21.6 Å². The molecule has 1 aromatic rings. The molecule has 15 heteroatoms. The number of aliphatic imine (C=N–C) groups is 1. The van der Waals surface area contributed by atoms with Gasteiger partial charge in [-0.15, -0.1) is 0 Å². The smallest absolute Gasteiger partial charge is 0.243 e. The zero-order valence-electron chi connectivity index (χ0n) is 24.0. The fourth-order valence-electron chi connectivity index (χ4n) is 4.86. The number of benzene rings is 1. The Kier molecular flexibility index (Phi) is 14.4. The van der Waals surface area contributed by atoms with Crippen LogP contribution in [0.4, 0.5) is 0 Å². The van der Waals surface area contributed by atoms with E-state index in [9.17, 15) is 31.2 Å². The van der Waals surface area contributed by atoms with E-state index < -0.39 is 61.3 Å². The van der Waals surface area contributed by atoms with E-state index in [1.54, 1.807) is 30.3 Å². The maximum atomic E-state index is 13.5. The molecule has 0 saturated heterocycles. The lowest BCUT2D eigenvalue weighted by Crippen LogP contribution is -2.56. The number of hydrogen-bond donors (Lipinski definition) is 5. The first kappa shape index (κ1) is 35.2. The molecule has 7 N–H and O–H groups in total. The van der Waals surface area contributed by atoms with Crippen LogP contribution in [0.1, 0.15) is 63.4 Å². The molecule has 1 aromatic carbocycles. The number of aldehydes is 1. The fourth-order valence-corrected chi connectivity index (χ4v) is 6.90. The van der Waals surface area contributed by atoms with Crippen molar-refractivity contribution >= 4 is 43.9 Å². The second-order valence-electron chi connectivity index (χ2n) is 10.8. The third-order valence-corrected chi connectivity index (χ3v) is 9.34. The minimum absolute atomic E-state index is 0.0817. The summed E-state index contributed by atoms with van der Waals surface area (Å²) in [6, 6.07) is 5.01. The van der Waals surface area contributed by atoms with E-state index in [1.165, 1.54) is 0 Å². The lowest BCUT2D eigenvalue weighted by molar-refractivity contribution is -0.131. The summed E-state index contributed by atoms with van der Waals surface area (Å²) in [5, 5.41) is 5.31. The average molecular weight is 629 g/mol. The van der Waals surface area contributed by atoms with Crippen molar-refractivity contribution in [1.82, 2.24) is 15.4 Å². The first-order valence-electron chi connectivity index (χ1n) is 14.1. The average Bonchev–Trinajstić information content (AvgIpc) is 2.92. The number of nitrogens with zero attached hydrogens (tertiary/aromatic N) is 1. The molecule has 0 aromatic heterocycles. The molecule has 0 heterocycles. The van der Waals surface area contributed by atoms with Crippen molar-refractivity contribution in [3.63, 3.8) is 0 Å². The van der Waals surface area contributed by atoms with E-state index in [1.807, 2.05) is 0 Å². The molecule has 2 amide bonds. The van der Waals surface area contributed by atoms with Crippen molar-refractivity contribution < 1.29 is 31.2 Å². The van der Waals surface area contributed by atoms with Crippen LogP contribution < -0.4 is 26.8 Å². The van der Waals surface area contributed by atoms with Crippen LogP contribution in [0.25, 0.3) is 0 Å². The third kappa shape index (κ3) is 14.2. The van der Waals surface area contributed by atoms with Gasteiger partial charge in [0.1, 0.15) is 28.2 Å². The molecule has 0 radical (unpaired) electrons. The molecule has 1 saturated carbocycles. The highest BCUT2D eigenvalue weighted by Crippen LogP contribution is 2.27. The van der Waals surface area contributed by atoms with Crippen LogP contribution in [-0.4, -0.2) is 77.6 Å². The topological polar surface area (TPSA) is 220 Å². The molecular formula is C27H44N6O7S2. The molecule has 0 aliphatic heterocycles. The summed E-state index contributed by atoms with van der Waals surface area (Å²) in [5.41, 5.74) is 11.1. The summed E-state index contributed by atoms with van der Waals surface area (Å²) in [5.74, 6) is -2.19. The van der Waals surface area contributed by atoms with Gasteiger partial charge in [-0.05, 0) is 37.2 Å². The fraction of sp³-hybridized carbons (Fsp3) is 0.630. The van der Waals surface area contributed by atoms with Crippen LogP contribution in [0.2, 0.25) is 0 Å². The lowest BCUT2D eigenvalue weighted by Gasteiger charge is -2.29. The number of amides is 2. The Morgan fingerprint density at radius 3 is 2.21 bits per heavy atom. The summed E-state index contributed by atoms with van der Waals surface area (Å²) >= 11 is 0. The van der Waals surface area contributed by atoms with Gasteiger partial charge in [0.2, 0.25) is 21.8 Å². The van der Waals surface area contributed by atoms with Crippen LogP contribution in [0.3, 0.4) is 0 Å². The minimum Gasteiger partial charge on any atom is -0.370 e.